The second-order valence-electron chi connectivity index (χ2n) is 8.54. The standard InChI is InChI=1S/C25H24ClN9O6S/c1-13-10-18(21(36)20(11-13)42(37,38)39)33-35-22(16-7-5-4-6-14(16)2)34-32-17-9-8-15(12-19(17)41-40-3)28-25-30-23(26)29-24(27)31-25/h4-12,33,36H,1-3H3,(H,37,38,39)(H3,27,28,29,30,31)/b34-32?,35-22+. The number of azo groups is 1. The van der Waals surface area contributed by atoms with E-state index >= 15 is 0 Å². The number of hydrogen-bond donors (Lipinski definition) is 5. The summed E-state index contributed by atoms with van der Waals surface area (Å²) < 4.78 is 32.9. The number of phenols is 1. The van der Waals surface area contributed by atoms with Crippen LogP contribution in [0.1, 0.15) is 16.7 Å². The number of nitrogens with two attached hydrogens (primary N) is 1. The fraction of sp³-hybridized carbons (Fsp3) is 0.120. The van der Waals surface area contributed by atoms with Crippen molar-refractivity contribution >= 4 is 56.5 Å². The van der Waals surface area contributed by atoms with Crippen molar-refractivity contribution < 1.29 is 27.9 Å². The molecule has 17 heteroatoms. The zero-order valence-corrected chi connectivity index (χ0v) is 23.8. The molecule has 0 aliphatic rings. The summed E-state index contributed by atoms with van der Waals surface area (Å²) in [5, 5.41) is 26.1. The Morgan fingerprint density at radius 3 is 2.52 bits per heavy atom. The van der Waals surface area contributed by atoms with Crippen LogP contribution in [0, 0.1) is 13.8 Å². The number of aromatic nitrogens is 3. The van der Waals surface area contributed by atoms with Crippen LogP contribution in [0.3, 0.4) is 0 Å². The van der Waals surface area contributed by atoms with Crippen molar-refractivity contribution in [2.45, 2.75) is 18.7 Å². The molecule has 0 saturated carbocycles. The molecule has 42 heavy (non-hydrogen) atoms. The molecule has 218 valence electrons. The quantitative estimate of drug-likeness (QED) is 0.0323. The molecule has 0 saturated heterocycles. The number of aromatic hydroxyl groups is 1. The maximum Gasteiger partial charge on any atom is 0.298 e. The molecule has 0 spiro atoms. The minimum atomic E-state index is -4.70. The number of aryl methyl sites for hydroxylation is 2. The predicted molar refractivity (Wildman–Crippen MR) is 155 cm³/mol. The van der Waals surface area contributed by atoms with Gasteiger partial charge in [-0.05, 0) is 60.8 Å². The topological polar surface area (TPSA) is 219 Å². The molecule has 0 radical (unpaired) electrons. The van der Waals surface area contributed by atoms with Crippen LogP contribution in [0.4, 0.5) is 29.0 Å². The highest BCUT2D eigenvalue weighted by Gasteiger charge is 2.19. The van der Waals surface area contributed by atoms with Crippen LogP contribution in [0.25, 0.3) is 0 Å². The number of amidine groups is 1. The summed E-state index contributed by atoms with van der Waals surface area (Å²) in [6.45, 7) is 3.42. The van der Waals surface area contributed by atoms with Gasteiger partial charge in [-0.25, -0.2) is 0 Å². The number of anilines is 4. The van der Waals surface area contributed by atoms with Gasteiger partial charge < -0.3 is 21.0 Å². The van der Waals surface area contributed by atoms with Crippen molar-refractivity contribution in [3.8, 4) is 11.5 Å². The maximum atomic E-state index is 11.7. The Bertz CT molecular complexity index is 1780. The first-order valence-corrected chi connectivity index (χ1v) is 13.7. The summed E-state index contributed by atoms with van der Waals surface area (Å²) in [4.78, 5) is 21.1. The van der Waals surface area contributed by atoms with Crippen molar-refractivity contribution in [3.63, 3.8) is 0 Å². The molecule has 0 aliphatic carbocycles. The van der Waals surface area contributed by atoms with E-state index in [4.69, 9.17) is 27.1 Å². The van der Waals surface area contributed by atoms with E-state index in [0.29, 0.717) is 16.8 Å². The smallest absolute Gasteiger partial charge is 0.298 e. The Morgan fingerprint density at radius 2 is 1.83 bits per heavy atom. The summed E-state index contributed by atoms with van der Waals surface area (Å²) in [6.07, 6.45) is 0. The number of hydrogen-bond acceptors (Lipinski definition) is 13. The van der Waals surface area contributed by atoms with Gasteiger partial charge in [0.15, 0.2) is 11.5 Å². The number of nitrogen functional groups attached to an aromatic ring is 1. The molecule has 3 aromatic carbocycles. The average molecular weight is 614 g/mol. The highest BCUT2D eigenvalue weighted by Crippen LogP contribution is 2.34. The number of phenolic OH excluding ortho intramolecular Hbond substituents is 1. The van der Waals surface area contributed by atoms with Gasteiger partial charge in [-0.3, -0.25) is 9.98 Å². The number of halogens is 1. The summed E-state index contributed by atoms with van der Waals surface area (Å²) in [5.41, 5.74) is 10.7. The molecule has 4 rings (SSSR count). The van der Waals surface area contributed by atoms with E-state index in [0.717, 1.165) is 11.6 Å². The van der Waals surface area contributed by atoms with Gasteiger partial charge in [-0.15, -0.1) is 10.2 Å². The van der Waals surface area contributed by atoms with Crippen molar-refractivity contribution in [1.29, 1.82) is 0 Å². The lowest BCUT2D eigenvalue weighted by Crippen LogP contribution is -2.05. The predicted octanol–water partition coefficient (Wildman–Crippen LogP) is 4.92. The van der Waals surface area contributed by atoms with E-state index in [9.17, 15) is 18.1 Å². The minimum Gasteiger partial charge on any atom is -0.504 e. The molecule has 0 unspecified atom stereocenters. The second kappa shape index (κ2) is 12.7. The lowest BCUT2D eigenvalue weighted by Gasteiger charge is -2.11. The summed E-state index contributed by atoms with van der Waals surface area (Å²) in [5.74, 6) is -0.454. The van der Waals surface area contributed by atoms with Gasteiger partial charge in [0.1, 0.15) is 10.6 Å². The third-order valence-corrected chi connectivity index (χ3v) is 6.47. The number of nitrogens with zero attached hydrogens (tertiary/aromatic N) is 6. The zero-order chi connectivity index (χ0) is 30.4. The van der Waals surface area contributed by atoms with E-state index < -0.39 is 20.8 Å². The molecule has 6 N–H and O–H groups in total. The molecule has 0 fully saturated rings. The number of benzene rings is 3. The zero-order valence-electron chi connectivity index (χ0n) is 22.3. The van der Waals surface area contributed by atoms with Crippen LogP contribution in [0.2, 0.25) is 5.28 Å². The van der Waals surface area contributed by atoms with Gasteiger partial charge in [-0.2, -0.15) is 33.4 Å². The van der Waals surface area contributed by atoms with E-state index in [1.165, 1.54) is 19.2 Å². The maximum absolute atomic E-state index is 11.7. The Kier molecular flexibility index (Phi) is 9.12. The van der Waals surface area contributed by atoms with E-state index in [-0.39, 0.29) is 40.1 Å². The molecule has 0 bridgehead atoms. The fourth-order valence-corrected chi connectivity index (χ4v) is 4.44. The van der Waals surface area contributed by atoms with Crippen LogP contribution < -0.4 is 21.4 Å². The van der Waals surface area contributed by atoms with Gasteiger partial charge in [0.2, 0.25) is 23.0 Å². The van der Waals surface area contributed by atoms with E-state index in [1.807, 2.05) is 19.1 Å². The monoisotopic (exact) mass is 613 g/mol. The Labute approximate surface area is 244 Å². The lowest BCUT2D eigenvalue weighted by atomic mass is 10.1. The Balaban J connectivity index is 1.71. The minimum absolute atomic E-state index is 0.0684. The number of nitrogens with one attached hydrogen (secondary N) is 2. The van der Waals surface area contributed by atoms with Gasteiger partial charge in [0.25, 0.3) is 10.1 Å². The third kappa shape index (κ3) is 7.43. The van der Waals surface area contributed by atoms with Gasteiger partial charge in [0.05, 0.1) is 12.8 Å². The molecule has 1 heterocycles. The summed E-state index contributed by atoms with van der Waals surface area (Å²) in [6, 6.07) is 14.5. The van der Waals surface area contributed by atoms with Crippen LogP contribution >= 0.6 is 11.6 Å². The number of hydrazone groups is 1. The SMILES string of the molecule is COOc1cc(Nc2nc(N)nc(Cl)n2)ccc1N=N/C(=N/Nc1cc(C)cc(S(=O)(=O)O)c1O)c1ccccc1C. The molecule has 0 atom stereocenters. The Hall–Kier alpha value is -4.90. The van der Waals surface area contributed by atoms with Crippen LogP contribution in [-0.2, 0) is 15.0 Å². The molecular formula is C25H24ClN9O6S. The molecular weight excluding hydrogens is 590 g/mol. The highest BCUT2D eigenvalue weighted by atomic mass is 35.5. The summed E-state index contributed by atoms with van der Waals surface area (Å²) in [7, 11) is -3.38. The van der Waals surface area contributed by atoms with Crippen LogP contribution in [0.5, 0.6) is 11.5 Å². The van der Waals surface area contributed by atoms with Gasteiger partial charge in [-0.1, -0.05) is 24.3 Å². The normalized spacial score (nSPS) is 12.0. The summed E-state index contributed by atoms with van der Waals surface area (Å²) >= 11 is 5.84. The first-order chi connectivity index (χ1) is 19.9. The van der Waals surface area contributed by atoms with Gasteiger partial charge in [0, 0.05) is 17.3 Å². The number of rotatable bonds is 9. The van der Waals surface area contributed by atoms with Crippen molar-refractivity contribution in [2.24, 2.45) is 15.3 Å². The second-order valence-corrected chi connectivity index (χ2v) is 10.3. The van der Waals surface area contributed by atoms with Gasteiger partial charge >= 0.3 is 0 Å². The van der Waals surface area contributed by atoms with Crippen LogP contribution in [-0.4, -0.2) is 46.0 Å². The Morgan fingerprint density at radius 1 is 1.07 bits per heavy atom. The molecule has 15 nitrogen and oxygen atoms in total. The lowest BCUT2D eigenvalue weighted by molar-refractivity contribution is -0.177. The third-order valence-electron chi connectivity index (χ3n) is 5.43. The largest absolute Gasteiger partial charge is 0.504 e. The van der Waals surface area contributed by atoms with Crippen molar-refractivity contribution in [3.05, 3.63) is 76.6 Å². The van der Waals surface area contributed by atoms with E-state index in [1.54, 1.807) is 31.2 Å². The molecule has 1 aromatic heterocycles. The van der Waals surface area contributed by atoms with Crippen molar-refractivity contribution in [1.82, 2.24) is 15.0 Å². The fourth-order valence-electron chi connectivity index (χ4n) is 3.58. The molecule has 0 aliphatic heterocycles. The molecule has 4 aromatic rings. The van der Waals surface area contributed by atoms with E-state index in [2.05, 4.69) is 41.0 Å². The van der Waals surface area contributed by atoms with Crippen molar-refractivity contribution in [2.75, 3.05) is 23.6 Å². The molecule has 0 amide bonds. The first-order valence-electron chi connectivity index (χ1n) is 11.9. The van der Waals surface area contributed by atoms with Crippen LogP contribution in [0.15, 0.2) is 74.8 Å². The highest BCUT2D eigenvalue weighted by molar-refractivity contribution is 7.86. The first kappa shape index (κ1) is 30.1. The average Bonchev–Trinajstić information content (AvgIpc) is 2.91.